The molecule has 4 aromatic rings. The molecule has 1 amide bonds. The Bertz CT molecular complexity index is 1410. The van der Waals surface area contributed by atoms with Crippen LogP contribution in [0.4, 0.5) is 10.5 Å². The van der Waals surface area contributed by atoms with E-state index in [0.717, 1.165) is 34.4 Å². The van der Waals surface area contributed by atoms with Crippen molar-refractivity contribution in [3.8, 4) is 28.1 Å². The maximum atomic E-state index is 13.1. The molecule has 1 aliphatic rings. The maximum absolute atomic E-state index is 13.1. The average Bonchev–Trinajstić information content (AvgIpc) is 3.36. The van der Waals surface area contributed by atoms with Gasteiger partial charge in [-0.15, -0.1) is 0 Å². The summed E-state index contributed by atoms with van der Waals surface area (Å²) in [6.45, 7) is 4.08. The lowest BCUT2D eigenvalue weighted by Crippen LogP contribution is -2.24. The number of nitrogens with zero attached hydrogens (tertiary/aromatic N) is 2. The summed E-state index contributed by atoms with van der Waals surface area (Å²) < 4.78 is 7.21. The SMILES string of the molecule is CC1(C)Cc2cc(NC(=O)n3cc(-c4ccc(Cl)c(Cl)c4)c(-c4ccc(Cl)cc4)n3)ccc2O1. The van der Waals surface area contributed by atoms with Crippen molar-refractivity contribution >= 4 is 46.5 Å². The molecule has 1 aromatic heterocycles. The van der Waals surface area contributed by atoms with Crippen LogP contribution in [0.2, 0.25) is 15.1 Å². The second-order valence-electron chi connectivity index (χ2n) is 8.76. The molecule has 0 bridgehead atoms. The Morgan fingerprint density at radius 1 is 0.971 bits per heavy atom. The number of amides is 1. The highest BCUT2D eigenvalue weighted by Crippen LogP contribution is 2.37. The first-order chi connectivity index (χ1) is 16.2. The molecule has 0 unspecified atom stereocenters. The number of hydrogen-bond donors (Lipinski definition) is 1. The third-order valence-electron chi connectivity index (χ3n) is 5.58. The number of aromatic nitrogens is 2. The molecule has 1 N–H and O–H groups in total. The summed E-state index contributed by atoms with van der Waals surface area (Å²) in [7, 11) is 0. The Hall–Kier alpha value is -2.99. The van der Waals surface area contributed by atoms with Gasteiger partial charge in [0.05, 0.1) is 10.0 Å². The van der Waals surface area contributed by atoms with Crippen molar-refractivity contribution in [2.24, 2.45) is 0 Å². The molecule has 34 heavy (non-hydrogen) atoms. The molecule has 5 rings (SSSR count). The van der Waals surface area contributed by atoms with Crippen LogP contribution in [0.3, 0.4) is 0 Å². The Balaban J connectivity index is 1.50. The number of hydrogen-bond acceptors (Lipinski definition) is 3. The Kier molecular flexibility index (Phi) is 5.80. The van der Waals surface area contributed by atoms with Crippen LogP contribution in [-0.2, 0) is 6.42 Å². The molecule has 5 nitrogen and oxygen atoms in total. The van der Waals surface area contributed by atoms with Gasteiger partial charge in [-0.25, -0.2) is 4.79 Å². The summed E-state index contributed by atoms with van der Waals surface area (Å²) in [5.74, 6) is 0.842. The summed E-state index contributed by atoms with van der Waals surface area (Å²) in [6, 6.07) is 17.8. The van der Waals surface area contributed by atoms with Crippen molar-refractivity contribution in [2.75, 3.05) is 5.32 Å². The Morgan fingerprint density at radius 2 is 1.71 bits per heavy atom. The van der Waals surface area contributed by atoms with Crippen LogP contribution >= 0.6 is 34.8 Å². The fourth-order valence-corrected chi connectivity index (χ4v) is 4.47. The number of carbonyl (C=O) groups excluding carboxylic acids is 1. The molecule has 0 radical (unpaired) electrons. The fourth-order valence-electron chi connectivity index (χ4n) is 4.04. The average molecular weight is 513 g/mol. The number of halogens is 3. The number of ether oxygens (including phenoxy) is 1. The second-order valence-corrected chi connectivity index (χ2v) is 10.0. The first-order valence-electron chi connectivity index (χ1n) is 10.6. The lowest BCUT2D eigenvalue weighted by Gasteiger charge is -2.16. The highest BCUT2D eigenvalue weighted by molar-refractivity contribution is 6.42. The van der Waals surface area contributed by atoms with Crippen molar-refractivity contribution in [2.45, 2.75) is 25.9 Å². The fraction of sp³-hybridized carbons (Fsp3) is 0.154. The van der Waals surface area contributed by atoms with E-state index >= 15 is 0 Å². The number of benzene rings is 3. The molecule has 0 fully saturated rings. The Labute approximate surface area is 212 Å². The van der Waals surface area contributed by atoms with Crippen LogP contribution in [0.25, 0.3) is 22.4 Å². The molecule has 3 aromatic carbocycles. The lowest BCUT2D eigenvalue weighted by molar-refractivity contribution is 0.138. The van der Waals surface area contributed by atoms with Crippen LogP contribution < -0.4 is 10.1 Å². The zero-order chi connectivity index (χ0) is 24.0. The van der Waals surface area contributed by atoms with Gasteiger partial charge < -0.3 is 10.1 Å². The van der Waals surface area contributed by atoms with Gasteiger partial charge in [0, 0.05) is 40.0 Å². The molecular weight excluding hydrogens is 493 g/mol. The van der Waals surface area contributed by atoms with Crippen LogP contribution in [0.1, 0.15) is 19.4 Å². The van der Waals surface area contributed by atoms with Crippen molar-refractivity contribution in [1.29, 1.82) is 0 Å². The van der Waals surface area contributed by atoms with Gasteiger partial charge in [0.15, 0.2) is 0 Å². The van der Waals surface area contributed by atoms with E-state index in [0.29, 0.717) is 26.4 Å². The van der Waals surface area contributed by atoms with Crippen molar-refractivity contribution in [3.05, 3.63) is 87.5 Å². The minimum Gasteiger partial charge on any atom is -0.487 e. The minimum atomic E-state index is -0.389. The number of rotatable bonds is 3. The molecule has 2 heterocycles. The third-order valence-corrected chi connectivity index (χ3v) is 6.58. The van der Waals surface area contributed by atoms with Crippen LogP contribution in [0.15, 0.2) is 66.9 Å². The summed E-state index contributed by atoms with van der Waals surface area (Å²) in [5.41, 5.74) is 4.43. The molecule has 1 aliphatic heterocycles. The zero-order valence-corrected chi connectivity index (χ0v) is 20.7. The van der Waals surface area contributed by atoms with Crippen molar-refractivity contribution < 1.29 is 9.53 Å². The normalized spacial score (nSPS) is 13.9. The molecule has 0 spiro atoms. The highest BCUT2D eigenvalue weighted by Gasteiger charge is 2.30. The van der Waals surface area contributed by atoms with E-state index in [1.807, 2.05) is 50.2 Å². The van der Waals surface area contributed by atoms with Crippen molar-refractivity contribution in [1.82, 2.24) is 9.78 Å². The van der Waals surface area contributed by atoms with Gasteiger partial charge in [0.2, 0.25) is 0 Å². The van der Waals surface area contributed by atoms with Crippen molar-refractivity contribution in [3.63, 3.8) is 0 Å². The summed E-state index contributed by atoms with van der Waals surface area (Å²) in [4.78, 5) is 13.1. The molecule has 0 saturated carbocycles. The number of carbonyl (C=O) groups is 1. The molecule has 8 heteroatoms. The van der Waals surface area contributed by atoms with E-state index in [9.17, 15) is 4.79 Å². The number of nitrogens with one attached hydrogen (secondary N) is 1. The van der Waals surface area contributed by atoms with E-state index < -0.39 is 0 Å². The standard InChI is InChI=1S/C26H20Cl3N3O2/c1-26(2)13-17-11-19(8-10-23(17)34-26)30-25(33)32-14-20(16-5-9-21(28)22(29)12-16)24(31-32)15-3-6-18(27)7-4-15/h3-12,14H,13H2,1-2H3,(H,30,33). The summed E-state index contributed by atoms with van der Waals surface area (Å²) >= 11 is 18.4. The molecular formula is C26H20Cl3N3O2. The molecule has 0 atom stereocenters. The van der Waals surface area contributed by atoms with Gasteiger partial charge >= 0.3 is 6.03 Å². The zero-order valence-electron chi connectivity index (χ0n) is 18.4. The molecule has 172 valence electrons. The second kappa shape index (κ2) is 8.66. The third kappa shape index (κ3) is 4.51. The van der Waals surface area contributed by atoms with E-state index in [1.165, 1.54) is 4.68 Å². The molecule has 0 aliphatic carbocycles. The largest absolute Gasteiger partial charge is 0.487 e. The van der Waals surface area contributed by atoms with E-state index in [1.54, 1.807) is 30.5 Å². The number of anilines is 1. The topological polar surface area (TPSA) is 56.2 Å². The van der Waals surface area contributed by atoms with E-state index in [2.05, 4.69) is 10.4 Å². The Morgan fingerprint density at radius 3 is 2.44 bits per heavy atom. The quantitative estimate of drug-likeness (QED) is 0.303. The van der Waals surface area contributed by atoms with Crippen LogP contribution in [0.5, 0.6) is 5.75 Å². The lowest BCUT2D eigenvalue weighted by atomic mass is 10.0. The first-order valence-corrected chi connectivity index (χ1v) is 11.8. The van der Waals surface area contributed by atoms with Gasteiger partial charge in [-0.3, -0.25) is 0 Å². The van der Waals surface area contributed by atoms with Gasteiger partial charge in [0.1, 0.15) is 17.0 Å². The predicted molar refractivity (Wildman–Crippen MR) is 137 cm³/mol. The van der Waals surface area contributed by atoms with E-state index in [-0.39, 0.29) is 11.6 Å². The van der Waals surface area contributed by atoms with Gasteiger partial charge in [0.25, 0.3) is 0 Å². The van der Waals surface area contributed by atoms with E-state index in [4.69, 9.17) is 39.5 Å². The smallest absolute Gasteiger partial charge is 0.346 e. The monoisotopic (exact) mass is 511 g/mol. The van der Waals surface area contributed by atoms with Crippen LogP contribution in [0, 0.1) is 0 Å². The van der Waals surface area contributed by atoms with Gasteiger partial charge in [-0.1, -0.05) is 53.0 Å². The summed E-state index contributed by atoms with van der Waals surface area (Å²) in [5, 5.41) is 9.00. The summed E-state index contributed by atoms with van der Waals surface area (Å²) in [6.07, 6.45) is 2.45. The number of fused-ring (bicyclic) bond motifs is 1. The highest BCUT2D eigenvalue weighted by atomic mass is 35.5. The van der Waals surface area contributed by atoms with Gasteiger partial charge in [-0.2, -0.15) is 9.78 Å². The first kappa shape index (κ1) is 22.8. The van der Waals surface area contributed by atoms with Crippen LogP contribution in [-0.4, -0.2) is 21.4 Å². The predicted octanol–water partition coefficient (Wildman–Crippen LogP) is 7.97. The minimum absolute atomic E-state index is 0.255. The molecule has 0 saturated heterocycles. The maximum Gasteiger partial charge on any atom is 0.346 e. The van der Waals surface area contributed by atoms with Gasteiger partial charge in [-0.05, 0) is 61.9 Å².